The summed E-state index contributed by atoms with van der Waals surface area (Å²) < 4.78 is 158. The summed E-state index contributed by atoms with van der Waals surface area (Å²) in [6, 6.07) is 49.6. The molecule has 14 nitrogen and oxygen atoms in total. The fourth-order valence-electron chi connectivity index (χ4n) is 11.8. The van der Waals surface area contributed by atoms with Crippen LogP contribution in [0.5, 0.6) is 0 Å². The Hall–Kier alpha value is -11.5. The van der Waals surface area contributed by atoms with Crippen LogP contribution in [0.4, 0.5) is 55.7 Å². The van der Waals surface area contributed by atoms with Crippen molar-refractivity contribution in [1.82, 2.24) is 29.9 Å². The molecule has 7 N–H and O–H groups in total. The second-order valence-corrected chi connectivity index (χ2v) is 32.0. The zero-order valence-corrected chi connectivity index (χ0v) is 62.9. The maximum Gasteiger partial charge on any atom is 0.417 e. The topological polar surface area (TPSA) is 214 Å². The van der Waals surface area contributed by atoms with Gasteiger partial charge in [0.15, 0.2) is 0 Å². The van der Waals surface area contributed by atoms with Gasteiger partial charge < -0.3 is 25.4 Å². The van der Waals surface area contributed by atoms with E-state index in [1.54, 1.807) is 75.4 Å². The molecule has 2 amide bonds. The number of H-pyrrole nitrogens is 3. The number of anilines is 2. The second-order valence-electron chi connectivity index (χ2n) is 30.2. The normalized spacial score (nSPS) is 12.8. The molecule has 566 valence electrons. The summed E-state index contributed by atoms with van der Waals surface area (Å²) in [7, 11) is -3.70. The number of imidazole rings is 3. The maximum atomic E-state index is 14.2. The number of nitrogens with one attached hydrogen (secondary N) is 5. The third-order valence-corrected chi connectivity index (χ3v) is 17.9. The maximum absolute atomic E-state index is 14.2. The van der Waals surface area contributed by atoms with Crippen molar-refractivity contribution in [3.05, 3.63) is 255 Å². The van der Waals surface area contributed by atoms with E-state index in [1.807, 2.05) is 66.8 Å². The lowest BCUT2D eigenvalue weighted by molar-refractivity contribution is -0.137. The molecule has 0 aliphatic carbocycles. The number of aromatic amines is 3. The Morgan fingerprint density at radius 1 is 0.404 bits per heavy atom. The van der Waals surface area contributed by atoms with Crippen LogP contribution in [-0.4, -0.2) is 62.2 Å². The van der Waals surface area contributed by atoms with Crippen molar-refractivity contribution in [2.75, 3.05) is 16.3 Å². The van der Waals surface area contributed by atoms with E-state index in [-0.39, 0.29) is 83.1 Å². The summed E-state index contributed by atoms with van der Waals surface area (Å²) in [5.74, 6) is 0.448. The average molecular weight is 1510 g/mol. The summed E-state index contributed by atoms with van der Waals surface area (Å²) in [4.78, 5) is 46.5. The number of fused-ring (bicyclic) bond motifs is 3. The van der Waals surface area contributed by atoms with Gasteiger partial charge in [-0.15, -0.1) is 0 Å². The van der Waals surface area contributed by atoms with Crippen molar-refractivity contribution < 1.29 is 62.3 Å². The number of benzene rings is 9. The van der Waals surface area contributed by atoms with Crippen LogP contribution in [0.1, 0.15) is 161 Å². The third kappa shape index (κ3) is 20.6. The van der Waals surface area contributed by atoms with Gasteiger partial charge in [-0.05, 0) is 165 Å². The smallest absolute Gasteiger partial charge is 0.417 e. The molecule has 0 aliphatic heterocycles. The van der Waals surface area contributed by atoms with E-state index < -0.39 is 62.8 Å². The molecular formula is C85H82F9N9O5S. The second kappa shape index (κ2) is 31.0. The van der Waals surface area contributed by atoms with Crippen molar-refractivity contribution in [3.8, 4) is 33.4 Å². The first kappa shape index (κ1) is 80.0. The van der Waals surface area contributed by atoms with E-state index in [9.17, 15) is 57.5 Å². The van der Waals surface area contributed by atoms with Gasteiger partial charge in [0.05, 0.1) is 67.4 Å². The number of aromatic nitrogens is 6. The van der Waals surface area contributed by atoms with Gasteiger partial charge in [-0.25, -0.2) is 28.2 Å². The Kier molecular flexibility index (Phi) is 22.7. The van der Waals surface area contributed by atoms with Crippen molar-refractivity contribution >= 4 is 103 Å². The lowest BCUT2D eigenvalue weighted by atomic mass is 9.87. The van der Waals surface area contributed by atoms with Gasteiger partial charge in [0.25, 0.3) is 0 Å². The van der Waals surface area contributed by atoms with Crippen LogP contribution in [0.3, 0.4) is 0 Å². The highest BCUT2D eigenvalue weighted by molar-refractivity contribution is 7.92. The number of carbonyl (C=O) groups is 2. The molecule has 0 radical (unpaired) electrons. The first-order valence-electron chi connectivity index (χ1n) is 34.5. The fourth-order valence-corrected chi connectivity index (χ4v) is 12.4. The van der Waals surface area contributed by atoms with E-state index in [1.165, 1.54) is 71.3 Å². The van der Waals surface area contributed by atoms with Crippen LogP contribution in [0.2, 0.25) is 0 Å². The molecule has 0 unspecified atom stereocenters. The van der Waals surface area contributed by atoms with Crippen LogP contribution in [0.25, 0.3) is 103 Å². The Bertz CT molecular complexity index is 5550. The Labute approximate surface area is 626 Å². The Morgan fingerprint density at radius 3 is 1.02 bits per heavy atom. The minimum atomic E-state index is -4.67. The highest BCUT2D eigenvalue weighted by Gasteiger charge is 2.38. The number of primary amides is 1. The molecule has 12 rings (SSSR count). The summed E-state index contributed by atoms with van der Waals surface area (Å²) in [5, 5.41) is 2.58. The zero-order chi connectivity index (χ0) is 79.6. The van der Waals surface area contributed by atoms with Crippen LogP contribution >= 0.6 is 0 Å². The number of hydrogen-bond acceptors (Lipinski definition) is 8. The number of nitrogens with two attached hydrogens (primary N) is 1. The summed E-state index contributed by atoms with van der Waals surface area (Å²) in [6.07, 6.45) is -3.06. The molecule has 12 aromatic rings. The fraction of sp³-hybridized carbons (Fsp3) is 0.235. The molecule has 3 heterocycles. The lowest BCUT2D eigenvalue weighted by Gasteiger charge is -2.21. The minimum Gasteiger partial charge on any atom is -0.444 e. The van der Waals surface area contributed by atoms with Crippen LogP contribution in [0, 0.1) is 0 Å². The Balaban J connectivity index is 0.000000175. The van der Waals surface area contributed by atoms with Gasteiger partial charge in [0, 0.05) is 16.7 Å². The Morgan fingerprint density at radius 2 is 0.706 bits per heavy atom. The van der Waals surface area contributed by atoms with Gasteiger partial charge in [0.2, 0.25) is 15.9 Å². The third-order valence-electron chi connectivity index (χ3n) is 17.3. The van der Waals surface area contributed by atoms with E-state index in [4.69, 9.17) is 10.5 Å². The minimum absolute atomic E-state index is 0.0155. The van der Waals surface area contributed by atoms with E-state index in [0.29, 0.717) is 34.0 Å². The van der Waals surface area contributed by atoms with Crippen molar-refractivity contribution in [2.24, 2.45) is 5.73 Å². The largest absolute Gasteiger partial charge is 0.444 e. The summed E-state index contributed by atoms with van der Waals surface area (Å²) >= 11 is 0. The molecule has 0 spiro atoms. The number of rotatable bonds is 13. The number of amides is 2. The molecule has 0 bridgehead atoms. The quantitative estimate of drug-likeness (QED) is 0.0610. The first-order chi connectivity index (χ1) is 50.7. The highest BCUT2D eigenvalue weighted by Crippen LogP contribution is 2.45. The van der Waals surface area contributed by atoms with Crippen LogP contribution in [0.15, 0.2) is 182 Å². The lowest BCUT2D eigenvalue weighted by Crippen LogP contribution is -2.27. The van der Waals surface area contributed by atoms with Crippen molar-refractivity contribution in [2.45, 2.75) is 123 Å². The molecule has 3 aromatic heterocycles. The predicted octanol–water partition coefficient (Wildman–Crippen LogP) is 23.0. The predicted molar refractivity (Wildman–Crippen MR) is 419 cm³/mol. The summed E-state index contributed by atoms with van der Waals surface area (Å²) in [5.41, 5.74) is 10.6. The first-order valence-corrected chi connectivity index (χ1v) is 36.4. The van der Waals surface area contributed by atoms with Crippen molar-refractivity contribution in [3.63, 3.8) is 0 Å². The van der Waals surface area contributed by atoms with Crippen LogP contribution < -0.4 is 15.8 Å². The number of para-hydroxylation sites is 2. The van der Waals surface area contributed by atoms with Gasteiger partial charge >= 0.3 is 24.6 Å². The highest BCUT2D eigenvalue weighted by atomic mass is 32.2. The molecule has 0 saturated heterocycles. The molecule has 0 aliphatic rings. The number of nitrogens with zero attached hydrogens (tertiary/aromatic N) is 3. The van der Waals surface area contributed by atoms with Crippen molar-refractivity contribution in [1.29, 1.82) is 0 Å². The van der Waals surface area contributed by atoms with Gasteiger partial charge in [0.1, 0.15) is 23.1 Å². The SMILES string of the molecule is CC(C)(C)OC(=O)Nc1ccccc1-c1cc2nc(/C=C/c3ccc(C(C)(C)C)cc3)[nH]c2cc1C(F)(F)F.CC(C)(C)c1ccc(/C=C/c2nc3cc(-c4ccccc4C(N)=O)c(C(F)(F)F)cc3[nH]2)cc1.CC(C)(C)c1ccc(/C=C/c2nc3cc(-c4ccccc4NS(C)(=O)=O)c(C(F)(F)F)cc3[nH]2)cc1. The number of carbonyl (C=O) groups excluding carboxylic acids is 2. The van der Waals surface area contributed by atoms with Crippen LogP contribution in [-0.2, 0) is 49.5 Å². The number of sulfonamides is 1. The summed E-state index contributed by atoms with van der Waals surface area (Å²) in [6.45, 7) is 24.3. The molecule has 24 heteroatoms. The monoisotopic (exact) mass is 1510 g/mol. The standard InChI is InChI=1S/C31H32F3N3O2.C27H26F3N3O2S.C27H24F3N3O/c1-29(2,3)20-14-11-19(12-15-20)13-16-27-35-25-17-22(23(31(32,33)34)18-26(25)36-27)21-9-7-8-10-24(21)37-28(38)39-30(4,5)6;1-26(2,3)18-12-9-17(10-13-18)11-14-25-31-23-15-20(21(27(28,29)30)16-24(23)32-25)19-7-5-6-8-22(19)33-36(4,34)35;1-26(2,3)17-11-8-16(9-12-17)10-13-24-32-22-14-20(18-6-4-5-7-19(18)25(31)34)21(27(28,29)30)15-23(22)33-24/h7-18H,1-6H3,(H,35,36)(H,37,38);5-16,33H,1-4H3,(H,31,32);4-15H,1-3H3,(H2,31,34)(H,32,33)/b16-13+;14-11+;13-10+. The number of hydrogen-bond donors (Lipinski definition) is 6. The molecule has 0 atom stereocenters. The zero-order valence-electron chi connectivity index (χ0n) is 62.1. The molecule has 9 aromatic carbocycles. The molecular weight excluding hydrogens is 1430 g/mol. The van der Waals surface area contributed by atoms with E-state index in [0.717, 1.165) is 41.1 Å². The van der Waals surface area contributed by atoms with Gasteiger partial charge in [-0.3, -0.25) is 14.8 Å². The van der Waals surface area contributed by atoms with E-state index in [2.05, 4.69) is 127 Å². The number of halogens is 9. The number of alkyl halides is 9. The molecule has 0 saturated carbocycles. The van der Waals surface area contributed by atoms with Gasteiger partial charge in [-0.2, -0.15) is 39.5 Å². The molecule has 0 fully saturated rings. The van der Waals surface area contributed by atoms with Gasteiger partial charge in [-0.1, -0.05) is 208 Å². The molecule has 109 heavy (non-hydrogen) atoms. The average Bonchev–Trinajstić information content (AvgIpc) is 1.75. The van der Waals surface area contributed by atoms with E-state index >= 15 is 0 Å². The number of ether oxygens (including phenoxy) is 1.